The molecule has 0 aliphatic rings. The predicted molar refractivity (Wildman–Crippen MR) is 74.6 cm³/mol. The van der Waals surface area contributed by atoms with Crippen molar-refractivity contribution in [3.05, 3.63) is 23.2 Å². The molecule has 0 saturated carbocycles. The number of hydrogen-bond acceptors (Lipinski definition) is 4. The first kappa shape index (κ1) is 15.4. The number of rotatable bonds is 6. The number of nitrogens with one attached hydrogen (secondary N) is 1. The van der Waals surface area contributed by atoms with Gasteiger partial charge in [-0.1, -0.05) is 18.5 Å². The van der Waals surface area contributed by atoms with Crippen molar-refractivity contribution < 1.29 is 12.6 Å². The lowest BCUT2D eigenvalue weighted by Crippen LogP contribution is -2.28. The van der Waals surface area contributed by atoms with Gasteiger partial charge < -0.3 is 5.73 Å². The Kier molecular flexibility index (Phi) is 5.58. The van der Waals surface area contributed by atoms with Crippen LogP contribution in [0.3, 0.4) is 0 Å². The summed E-state index contributed by atoms with van der Waals surface area (Å²) < 4.78 is 37.4. The second kappa shape index (κ2) is 6.51. The van der Waals surface area contributed by atoms with Crippen molar-refractivity contribution in [2.24, 2.45) is 0 Å². The van der Waals surface area contributed by atoms with Crippen LogP contribution in [0.1, 0.15) is 6.92 Å². The number of anilines is 1. The summed E-state index contributed by atoms with van der Waals surface area (Å²) in [6, 6.07) is 4.24. The Labute approximate surface area is 114 Å². The quantitative estimate of drug-likeness (QED) is 0.766. The van der Waals surface area contributed by atoms with E-state index in [4.69, 9.17) is 17.3 Å². The minimum atomic E-state index is -3.71. The maximum Gasteiger partial charge on any atom is 0.242 e. The summed E-state index contributed by atoms with van der Waals surface area (Å²) in [4.78, 5) is -0.0635. The van der Waals surface area contributed by atoms with Gasteiger partial charge in [0.05, 0.1) is 5.02 Å². The SMILES string of the molecule is CCS(=O)CCNS(=O)(=O)c1cc(N)ccc1Cl. The molecule has 0 aliphatic heterocycles. The molecule has 0 fully saturated rings. The third kappa shape index (κ3) is 4.24. The Balaban J connectivity index is 2.80. The van der Waals surface area contributed by atoms with Gasteiger partial charge in [0, 0.05) is 34.5 Å². The lowest BCUT2D eigenvalue weighted by atomic mass is 10.3. The topological polar surface area (TPSA) is 89.3 Å². The minimum Gasteiger partial charge on any atom is -0.399 e. The van der Waals surface area contributed by atoms with E-state index < -0.39 is 20.8 Å². The van der Waals surface area contributed by atoms with Crippen LogP contribution >= 0.6 is 11.6 Å². The second-order valence-corrected chi connectivity index (χ2v) is 7.53. The first-order valence-corrected chi connectivity index (χ1v) is 8.61. The maximum atomic E-state index is 11.9. The molecule has 8 heteroatoms. The molecular formula is C10H15ClN2O3S2. The summed E-state index contributed by atoms with van der Waals surface area (Å²) in [6.45, 7) is 1.88. The molecule has 102 valence electrons. The van der Waals surface area contributed by atoms with Crippen LogP contribution in [-0.2, 0) is 20.8 Å². The van der Waals surface area contributed by atoms with E-state index in [1.165, 1.54) is 18.2 Å². The fraction of sp³-hybridized carbons (Fsp3) is 0.400. The number of halogens is 1. The van der Waals surface area contributed by atoms with E-state index in [1.54, 1.807) is 6.92 Å². The van der Waals surface area contributed by atoms with E-state index in [-0.39, 0.29) is 22.2 Å². The average molecular weight is 311 g/mol. The first-order chi connectivity index (χ1) is 8.36. The van der Waals surface area contributed by atoms with Crippen molar-refractivity contribution in [2.75, 3.05) is 23.8 Å². The fourth-order valence-corrected chi connectivity index (χ4v) is 3.55. The van der Waals surface area contributed by atoms with Gasteiger partial charge in [-0.25, -0.2) is 13.1 Å². The predicted octanol–water partition coefficient (Wildman–Crippen LogP) is 0.969. The minimum absolute atomic E-state index is 0.0635. The van der Waals surface area contributed by atoms with E-state index in [9.17, 15) is 12.6 Å². The summed E-state index contributed by atoms with van der Waals surface area (Å²) >= 11 is 5.81. The summed E-state index contributed by atoms with van der Waals surface area (Å²) in [5, 5.41) is 0.105. The molecule has 0 aromatic heterocycles. The molecule has 0 heterocycles. The average Bonchev–Trinajstić information content (AvgIpc) is 2.31. The van der Waals surface area contributed by atoms with E-state index in [0.717, 1.165) is 0 Å². The largest absolute Gasteiger partial charge is 0.399 e. The van der Waals surface area contributed by atoms with Gasteiger partial charge in [-0.2, -0.15) is 0 Å². The van der Waals surface area contributed by atoms with Crippen molar-refractivity contribution in [1.29, 1.82) is 0 Å². The molecule has 0 amide bonds. The van der Waals surface area contributed by atoms with Crippen LogP contribution in [0.5, 0.6) is 0 Å². The molecule has 5 nitrogen and oxygen atoms in total. The Morgan fingerprint density at radius 3 is 2.72 bits per heavy atom. The Hall–Kier alpha value is -0.630. The lowest BCUT2D eigenvalue weighted by Gasteiger charge is -2.08. The van der Waals surface area contributed by atoms with Crippen LogP contribution in [0, 0.1) is 0 Å². The van der Waals surface area contributed by atoms with Crippen LogP contribution in [0.2, 0.25) is 5.02 Å². The van der Waals surface area contributed by atoms with Gasteiger partial charge in [0.1, 0.15) is 4.90 Å². The van der Waals surface area contributed by atoms with Crippen molar-refractivity contribution in [3.8, 4) is 0 Å². The number of nitrogen functional groups attached to an aromatic ring is 1. The number of nitrogens with two attached hydrogens (primary N) is 1. The van der Waals surface area contributed by atoms with E-state index in [0.29, 0.717) is 11.4 Å². The fourth-order valence-electron chi connectivity index (χ4n) is 1.24. The van der Waals surface area contributed by atoms with Gasteiger partial charge in [-0.15, -0.1) is 0 Å². The Bertz CT molecular complexity index is 546. The summed E-state index contributed by atoms with van der Waals surface area (Å²) in [7, 11) is -4.73. The zero-order chi connectivity index (χ0) is 13.8. The van der Waals surface area contributed by atoms with Crippen LogP contribution < -0.4 is 10.5 Å². The van der Waals surface area contributed by atoms with E-state index in [1.807, 2.05) is 0 Å². The van der Waals surface area contributed by atoms with Gasteiger partial charge in [-0.3, -0.25) is 4.21 Å². The zero-order valence-corrected chi connectivity index (χ0v) is 12.2. The number of benzene rings is 1. The van der Waals surface area contributed by atoms with Crippen LogP contribution in [0.4, 0.5) is 5.69 Å². The molecule has 1 unspecified atom stereocenters. The third-order valence-corrected chi connectivity index (χ3v) is 5.43. The molecule has 1 atom stereocenters. The molecule has 0 aliphatic carbocycles. The van der Waals surface area contributed by atoms with Crippen molar-refractivity contribution in [3.63, 3.8) is 0 Å². The second-order valence-electron chi connectivity index (χ2n) is 3.52. The molecule has 18 heavy (non-hydrogen) atoms. The zero-order valence-electron chi connectivity index (χ0n) is 9.85. The molecule has 1 rings (SSSR count). The van der Waals surface area contributed by atoms with Crippen molar-refractivity contribution in [1.82, 2.24) is 4.72 Å². The van der Waals surface area contributed by atoms with Crippen LogP contribution in [0.15, 0.2) is 23.1 Å². The monoisotopic (exact) mass is 310 g/mol. The standard InChI is InChI=1S/C10H15ClN2O3S2/c1-2-17(14)6-5-13-18(15,16)10-7-8(12)3-4-9(10)11/h3-4,7,13H,2,5-6,12H2,1H3. The van der Waals surface area contributed by atoms with Crippen LogP contribution in [-0.4, -0.2) is 30.7 Å². The molecule has 1 aromatic carbocycles. The normalized spacial score (nSPS) is 13.4. The maximum absolute atomic E-state index is 11.9. The van der Waals surface area contributed by atoms with E-state index in [2.05, 4.69) is 4.72 Å². The molecule has 1 aromatic rings. The van der Waals surface area contributed by atoms with Gasteiger partial charge >= 0.3 is 0 Å². The highest BCUT2D eigenvalue weighted by Gasteiger charge is 2.17. The molecule has 0 saturated heterocycles. The van der Waals surface area contributed by atoms with Crippen molar-refractivity contribution >= 4 is 38.1 Å². The number of hydrogen-bond donors (Lipinski definition) is 2. The lowest BCUT2D eigenvalue weighted by molar-refractivity contribution is 0.584. The van der Waals surface area contributed by atoms with E-state index >= 15 is 0 Å². The highest BCUT2D eigenvalue weighted by atomic mass is 35.5. The Morgan fingerprint density at radius 1 is 1.44 bits per heavy atom. The molecule has 0 spiro atoms. The molecule has 3 N–H and O–H groups in total. The summed E-state index contributed by atoms with van der Waals surface area (Å²) in [5.41, 5.74) is 5.84. The third-order valence-electron chi connectivity index (χ3n) is 2.19. The van der Waals surface area contributed by atoms with Gasteiger partial charge in [-0.05, 0) is 18.2 Å². The molecular weight excluding hydrogens is 296 g/mol. The van der Waals surface area contributed by atoms with Gasteiger partial charge in [0.2, 0.25) is 10.0 Å². The summed E-state index contributed by atoms with van der Waals surface area (Å²) in [6.07, 6.45) is 0. The Morgan fingerprint density at radius 2 is 2.11 bits per heavy atom. The van der Waals surface area contributed by atoms with Crippen molar-refractivity contribution in [2.45, 2.75) is 11.8 Å². The summed E-state index contributed by atoms with van der Waals surface area (Å²) in [5.74, 6) is 0.774. The van der Waals surface area contributed by atoms with Crippen LogP contribution in [0.25, 0.3) is 0 Å². The van der Waals surface area contributed by atoms with Gasteiger partial charge in [0.15, 0.2) is 0 Å². The first-order valence-electron chi connectivity index (χ1n) is 5.26. The van der Waals surface area contributed by atoms with Gasteiger partial charge in [0.25, 0.3) is 0 Å². The number of sulfonamides is 1. The smallest absolute Gasteiger partial charge is 0.242 e. The highest BCUT2D eigenvalue weighted by molar-refractivity contribution is 7.89. The molecule has 0 radical (unpaired) electrons. The molecule has 0 bridgehead atoms. The highest BCUT2D eigenvalue weighted by Crippen LogP contribution is 2.23.